The van der Waals surface area contributed by atoms with Crippen LogP contribution in [0.15, 0.2) is 40.9 Å². The maximum absolute atomic E-state index is 11.1. The van der Waals surface area contributed by atoms with Crippen molar-refractivity contribution in [3.8, 4) is 5.75 Å². The molecule has 3 aromatic rings. The minimum atomic E-state index is -0.877. The van der Waals surface area contributed by atoms with Crippen molar-refractivity contribution in [2.24, 2.45) is 0 Å². The van der Waals surface area contributed by atoms with Crippen LogP contribution in [0.5, 0.6) is 5.75 Å². The third-order valence-electron chi connectivity index (χ3n) is 4.79. The van der Waals surface area contributed by atoms with Crippen molar-refractivity contribution in [1.29, 1.82) is 0 Å². The lowest BCUT2D eigenvalue weighted by Gasteiger charge is -2.42. The molecule has 2 atom stereocenters. The third kappa shape index (κ3) is 2.45. The number of aromatic nitrogens is 2. The van der Waals surface area contributed by atoms with Gasteiger partial charge in [0.25, 0.3) is 0 Å². The van der Waals surface area contributed by atoms with Gasteiger partial charge in [-0.3, -0.25) is 4.68 Å². The van der Waals surface area contributed by atoms with Crippen molar-refractivity contribution in [2.75, 3.05) is 5.73 Å². The molecule has 0 radical (unpaired) electrons. The van der Waals surface area contributed by atoms with Gasteiger partial charge in [-0.05, 0) is 44.2 Å². The fourth-order valence-corrected chi connectivity index (χ4v) is 3.78. The van der Waals surface area contributed by atoms with E-state index in [0.717, 1.165) is 20.9 Å². The number of hydrogen-bond donors (Lipinski definition) is 2. The Morgan fingerprint density at radius 2 is 2.08 bits per heavy atom. The number of rotatable bonds is 1. The maximum atomic E-state index is 11.1. The molecule has 1 aliphatic rings. The van der Waals surface area contributed by atoms with Crippen LogP contribution < -0.4 is 10.5 Å². The van der Waals surface area contributed by atoms with Gasteiger partial charge in [0, 0.05) is 15.4 Å². The van der Waals surface area contributed by atoms with Crippen LogP contribution in [0.4, 0.5) is 11.5 Å². The standard InChI is InChI=1S/C19H17BrN4O2/c1-19(2)17(25)16(13-9-11(22-3)5-7-15(13)26-19)24-14-8-10(20)4-6-12(14)18(21)23-24/h4-9,16-17,25H,1-2H3,(H2,21,23)/t16-,17+/m1/s1. The minimum Gasteiger partial charge on any atom is -0.485 e. The second-order valence-electron chi connectivity index (χ2n) is 6.92. The molecule has 132 valence electrons. The van der Waals surface area contributed by atoms with Crippen LogP contribution >= 0.6 is 15.9 Å². The molecular weight excluding hydrogens is 396 g/mol. The van der Waals surface area contributed by atoms with E-state index in [1.165, 1.54) is 0 Å². The summed E-state index contributed by atoms with van der Waals surface area (Å²) in [5.74, 6) is 1.03. The van der Waals surface area contributed by atoms with E-state index < -0.39 is 17.7 Å². The zero-order chi connectivity index (χ0) is 18.6. The van der Waals surface area contributed by atoms with E-state index in [1.54, 1.807) is 22.9 Å². The highest BCUT2D eigenvalue weighted by Crippen LogP contribution is 2.44. The Morgan fingerprint density at radius 1 is 1.31 bits per heavy atom. The molecule has 2 aromatic carbocycles. The van der Waals surface area contributed by atoms with E-state index in [0.29, 0.717) is 17.3 Å². The van der Waals surface area contributed by atoms with Crippen molar-refractivity contribution < 1.29 is 9.84 Å². The number of aliphatic hydroxyl groups excluding tert-OH is 1. The number of nitrogens with zero attached hydrogens (tertiary/aromatic N) is 3. The van der Waals surface area contributed by atoms with Gasteiger partial charge in [-0.15, -0.1) is 0 Å². The van der Waals surface area contributed by atoms with Crippen LogP contribution in [0.1, 0.15) is 25.5 Å². The molecule has 26 heavy (non-hydrogen) atoms. The van der Waals surface area contributed by atoms with Crippen LogP contribution in [0.2, 0.25) is 0 Å². The van der Waals surface area contributed by atoms with Gasteiger partial charge in [0.15, 0.2) is 11.5 Å². The van der Waals surface area contributed by atoms with Crippen LogP contribution in [0, 0.1) is 6.57 Å². The van der Waals surface area contributed by atoms with Crippen LogP contribution in [-0.2, 0) is 0 Å². The normalized spacial score (nSPS) is 21.0. The number of aliphatic hydroxyl groups is 1. The molecule has 7 heteroatoms. The predicted molar refractivity (Wildman–Crippen MR) is 103 cm³/mol. The molecule has 3 N–H and O–H groups in total. The third-order valence-corrected chi connectivity index (χ3v) is 5.28. The first-order chi connectivity index (χ1) is 12.3. The van der Waals surface area contributed by atoms with Crippen molar-refractivity contribution in [1.82, 2.24) is 9.78 Å². The SMILES string of the molecule is [C-]#[N+]c1ccc2c(c1)[C@@H](n1nc(N)c3ccc(Br)cc31)[C@H](O)C(C)(C)O2. The number of ether oxygens (including phenoxy) is 1. The Bertz CT molecular complexity index is 1070. The Hall–Kier alpha value is -2.56. The lowest BCUT2D eigenvalue weighted by molar-refractivity contribution is -0.0649. The summed E-state index contributed by atoms with van der Waals surface area (Å²) in [6.07, 6.45) is -0.877. The van der Waals surface area contributed by atoms with E-state index >= 15 is 0 Å². The smallest absolute Gasteiger partial charge is 0.187 e. The first-order valence-corrected chi connectivity index (χ1v) is 8.93. The summed E-state index contributed by atoms with van der Waals surface area (Å²) in [5.41, 5.74) is 7.29. The zero-order valence-electron chi connectivity index (χ0n) is 14.3. The summed E-state index contributed by atoms with van der Waals surface area (Å²) < 4.78 is 8.61. The topological polar surface area (TPSA) is 77.7 Å². The Kier molecular flexibility index (Phi) is 3.72. The van der Waals surface area contributed by atoms with Gasteiger partial charge in [-0.1, -0.05) is 22.0 Å². The first-order valence-electron chi connectivity index (χ1n) is 8.13. The summed E-state index contributed by atoms with van der Waals surface area (Å²) >= 11 is 3.48. The molecule has 6 nitrogen and oxygen atoms in total. The highest BCUT2D eigenvalue weighted by molar-refractivity contribution is 9.10. The monoisotopic (exact) mass is 412 g/mol. The highest BCUT2D eigenvalue weighted by atomic mass is 79.9. The minimum absolute atomic E-state index is 0.395. The van der Waals surface area contributed by atoms with Gasteiger partial charge in [0.05, 0.1) is 12.1 Å². The maximum Gasteiger partial charge on any atom is 0.187 e. The second kappa shape index (κ2) is 5.73. The summed E-state index contributed by atoms with van der Waals surface area (Å²) in [4.78, 5) is 3.50. The quantitative estimate of drug-likeness (QED) is 0.590. The average molecular weight is 413 g/mol. The average Bonchev–Trinajstić information content (AvgIpc) is 2.91. The van der Waals surface area contributed by atoms with Gasteiger partial charge in [0.1, 0.15) is 23.5 Å². The van der Waals surface area contributed by atoms with Crippen LogP contribution in [-0.4, -0.2) is 26.6 Å². The van der Waals surface area contributed by atoms with Gasteiger partial charge in [-0.25, -0.2) is 4.85 Å². The molecule has 1 aliphatic heterocycles. The molecule has 1 aromatic heterocycles. The molecule has 0 aliphatic carbocycles. The molecule has 0 saturated heterocycles. The summed E-state index contributed by atoms with van der Waals surface area (Å²) in [7, 11) is 0. The highest BCUT2D eigenvalue weighted by Gasteiger charge is 2.44. The first kappa shape index (κ1) is 16.9. The van der Waals surface area contributed by atoms with E-state index in [-0.39, 0.29) is 0 Å². The Labute approximate surface area is 159 Å². The molecule has 0 fully saturated rings. The predicted octanol–water partition coefficient (Wildman–Crippen LogP) is 4.05. The molecule has 2 heterocycles. The van der Waals surface area contributed by atoms with Crippen molar-refractivity contribution in [2.45, 2.75) is 31.6 Å². The summed E-state index contributed by atoms with van der Waals surface area (Å²) in [6, 6.07) is 10.4. The van der Waals surface area contributed by atoms with Gasteiger partial charge in [0.2, 0.25) is 0 Å². The van der Waals surface area contributed by atoms with Crippen LogP contribution in [0.25, 0.3) is 15.7 Å². The van der Waals surface area contributed by atoms with E-state index in [2.05, 4.69) is 25.9 Å². The molecule has 0 spiro atoms. The molecular formula is C19H17BrN4O2. The lowest BCUT2D eigenvalue weighted by Crippen LogP contribution is -2.50. The van der Waals surface area contributed by atoms with E-state index in [1.807, 2.05) is 32.0 Å². The Balaban J connectivity index is 2.02. The van der Waals surface area contributed by atoms with E-state index in [4.69, 9.17) is 17.0 Å². The van der Waals surface area contributed by atoms with Gasteiger partial charge in [-0.2, -0.15) is 5.10 Å². The molecule has 0 amide bonds. The zero-order valence-corrected chi connectivity index (χ0v) is 15.9. The summed E-state index contributed by atoms with van der Waals surface area (Å²) in [6.45, 7) is 11.0. The number of benzene rings is 2. The fraction of sp³-hybridized carbons (Fsp3) is 0.263. The van der Waals surface area contributed by atoms with E-state index in [9.17, 15) is 5.11 Å². The van der Waals surface area contributed by atoms with Crippen LogP contribution in [0.3, 0.4) is 0 Å². The van der Waals surface area contributed by atoms with Gasteiger partial charge >= 0.3 is 0 Å². The number of nitrogen functional groups attached to an aromatic ring is 1. The number of anilines is 1. The number of hydrogen-bond acceptors (Lipinski definition) is 4. The van der Waals surface area contributed by atoms with Crippen molar-refractivity contribution in [3.63, 3.8) is 0 Å². The number of fused-ring (bicyclic) bond motifs is 2. The Morgan fingerprint density at radius 3 is 2.81 bits per heavy atom. The molecule has 0 saturated carbocycles. The fourth-order valence-electron chi connectivity index (χ4n) is 3.44. The van der Waals surface area contributed by atoms with Gasteiger partial charge < -0.3 is 15.6 Å². The summed E-state index contributed by atoms with van der Waals surface area (Å²) in [5, 5.41) is 16.4. The molecule has 0 unspecified atom stereocenters. The van der Waals surface area contributed by atoms with Crippen molar-refractivity contribution in [3.05, 3.63) is 57.9 Å². The number of halogens is 1. The lowest BCUT2D eigenvalue weighted by atomic mass is 9.86. The van der Waals surface area contributed by atoms with Crippen molar-refractivity contribution >= 4 is 38.3 Å². The second-order valence-corrected chi connectivity index (χ2v) is 7.84. The number of nitrogens with two attached hydrogens (primary N) is 1. The molecule has 4 rings (SSSR count). The largest absolute Gasteiger partial charge is 0.485 e. The molecule has 0 bridgehead atoms.